The third kappa shape index (κ3) is 4.13. The molecule has 0 saturated heterocycles. The van der Waals surface area contributed by atoms with Gasteiger partial charge in [-0.25, -0.2) is 0 Å². The van der Waals surface area contributed by atoms with Crippen LogP contribution >= 0.6 is 15.9 Å². The van der Waals surface area contributed by atoms with Gasteiger partial charge in [0.1, 0.15) is 6.61 Å². The third-order valence-corrected chi connectivity index (χ3v) is 3.86. The van der Waals surface area contributed by atoms with Crippen molar-refractivity contribution in [1.82, 2.24) is 20.3 Å². The molecule has 0 radical (unpaired) electrons. The first-order valence-corrected chi connectivity index (χ1v) is 8.09. The molecule has 128 valence electrons. The summed E-state index contributed by atoms with van der Waals surface area (Å²) < 4.78 is 12.1. The molecule has 0 aliphatic carbocycles. The van der Waals surface area contributed by atoms with Gasteiger partial charge in [0, 0.05) is 0 Å². The lowest BCUT2D eigenvalue weighted by Gasteiger charge is -2.13. The standard InChI is InChI=1S/C16H15BrN6O2/c1-24-14-8-12(9-19-23-16(18)20-21-22-23)7-13(17)15(14)25-10-11-5-3-2-4-6-11/h2-9H,10H2,1H3,(H2,18,20,22)/b19-9-. The van der Waals surface area contributed by atoms with Crippen LogP contribution in [0.25, 0.3) is 0 Å². The van der Waals surface area contributed by atoms with Crippen molar-refractivity contribution in [2.75, 3.05) is 12.8 Å². The number of tetrazole rings is 1. The molecule has 0 bridgehead atoms. The molecule has 0 spiro atoms. The molecule has 1 aromatic heterocycles. The lowest BCUT2D eigenvalue weighted by Crippen LogP contribution is -2.01. The van der Waals surface area contributed by atoms with Crippen LogP contribution in [0.2, 0.25) is 0 Å². The van der Waals surface area contributed by atoms with Crippen molar-refractivity contribution in [3.05, 3.63) is 58.1 Å². The maximum absolute atomic E-state index is 5.90. The summed E-state index contributed by atoms with van der Waals surface area (Å²) in [6.07, 6.45) is 1.57. The average molecular weight is 403 g/mol. The first kappa shape index (κ1) is 16.9. The molecule has 0 fully saturated rings. The summed E-state index contributed by atoms with van der Waals surface area (Å²) in [7, 11) is 1.58. The van der Waals surface area contributed by atoms with Crippen LogP contribution in [0.4, 0.5) is 5.95 Å². The second-order valence-corrected chi connectivity index (χ2v) is 5.83. The number of aromatic nitrogens is 4. The number of nitrogens with zero attached hydrogens (tertiary/aromatic N) is 5. The van der Waals surface area contributed by atoms with Gasteiger partial charge in [0.05, 0.1) is 17.8 Å². The molecule has 2 aromatic carbocycles. The Labute approximate surface area is 152 Å². The van der Waals surface area contributed by atoms with Gasteiger partial charge in [-0.15, -0.1) is 0 Å². The van der Waals surface area contributed by atoms with Gasteiger partial charge in [-0.05, 0) is 49.6 Å². The number of nitrogen functional groups attached to an aromatic ring is 1. The van der Waals surface area contributed by atoms with E-state index >= 15 is 0 Å². The molecule has 1 heterocycles. The highest BCUT2D eigenvalue weighted by Crippen LogP contribution is 2.36. The summed E-state index contributed by atoms with van der Waals surface area (Å²) in [6, 6.07) is 13.5. The maximum atomic E-state index is 5.90. The second-order valence-electron chi connectivity index (χ2n) is 4.98. The molecule has 9 heteroatoms. The van der Waals surface area contributed by atoms with Gasteiger partial charge in [0.2, 0.25) is 0 Å². The van der Waals surface area contributed by atoms with Crippen LogP contribution in [0.15, 0.2) is 52.0 Å². The Kier molecular flexibility index (Phi) is 5.24. The number of ether oxygens (including phenoxy) is 2. The van der Waals surface area contributed by atoms with Crippen molar-refractivity contribution in [2.24, 2.45) is 5.10 Å². The van der Waals surface area contributed by atoms with Gasteiger partial charge in [0.15, 0.2) is 11.5 Å². The Morgan fingerprint density at radius 2 is 2.08 bits per heavy atom. The van der Waals surface area contributed by atoms with Gasteiger partial charge in [-0.2, -0.15) is 5.10 Å². The summed E-state index contributed by atoms with van der Waals surface area (Å²) >= 11 is 3.51. The molecule has 0 aliphatic rings. The number of methoxy groups -OCH3 is 1. The number of halogens is 1. The fraction of sp³-hybridized carbons (Fsp3) is 0.125. The minimum atomic E-state index is 0.102. The van der Waals surface area contributed by atoms with Gasteiger partial charge in [-0.3, -0.25) is 0 Å². The zero-order chi connectivity index (χ0) is 17.6. The summed E-state index contributed by atoms with van der Waals surface area (Å²) in [5, 5.41) is 14.7. The molecule has 8 nitrogen and oxygen atoms in total. The van der Waals surface area contributed by atoms with Crippen LogP contribution in [-0.2, 0) is 6.61 Å². The largest absolute Gasteiger partial charge is 0.493 e. The van der Waals surface area contributed by atoms with E-state index < -0.39 is 0 Å². The molecule has 2 N–H and O–H groups in total. The SMILES string of the molecule is COc1cc(/C=N\n2nnnc2N)cc(Br)c1OCc1ccccc1. The number of anilines is 1. The molecule has 25 heavy (non-hydrogen) atoms. The highest BCUT2D eigenvalue weighted by molar-refractivity contribution is 9.10. The molecule has 0 unspecified atom stereocenters. The average Bonchev–Trinajstić information content (AvgIpc) is 3.04. The van der Waals surface area contributed by atoms with Crippen LogP contribution in [0, 0.1) is 0 Å². The number of hydrogen-bond acceptors (Lipinski definition) is 7. The maximum Gasteiger partial charge on any atom is 0.263 e. The van der Waals surface area contributed by atoms with Crippen LogP contribution in [0.3, 0.4) is 0 Å². The van der Waals surface area contributed by atoms with Crippen molar-refractivity contribution in [3.8, 4) is 11.5 Å². The second kappa shape index (κ2) is 7.75. The van der Waals surface area contributed by atoms with Crippen molar-refractivity contribution in [3.63, 3.8) is 0 Å². The van der Waals surface area contributed by atoms with Crippen LogP contribution in [0.5, 0.6) is 11.5 Å². The van der Waals surface area contributed by atoms with Gasteiger partial charge in [0.25, 0.3) is 5.95 Å². The van der Waals surface area contributed by atoms with Gasteiger partial charge < -0.3 is 15.2 Å². The summed E-state index contributed by atoms with van der Waals surface area (Å²) in [5.74, 6) is 1.30. The van der Waals surface area contributed by atoms with E-state index in [4.69, 9.17) is 15.2 Å². The Hall–Kier alpha value is -2.94. The highest BCUT2D eigenvalue weighted by Gasteiger charge is 2.11. The summed E-state index contributed by atoms with van der Waals surface area (Å²) in [6.45, 7) is 0.435. The third-order valence-electron chi connectivity index (χ3n) is 3.27. The van der Waals surface area contributed by atoms with Gasteiger partial charge >= 0.3 is 0 Å². The fourth-order valence-electron chi connectivity index (χ4n) is 2.08. The topological polar surface area (TPSA) is 100 Å². The monoisotopic (exact) mass is 402 g/mol. The summed E-state index contributed by atoms with van der Waals surface area (Å²) in [5.41, 5.74) is 7.40. The van der Waals surface area contributed by atoms with E-state index in [-0.39, 0.29) is 5.95 Å². The first-order chi connectivity index (χ1) is 12.2. The van der Waals surface area contributed by atoms with E-state index in [9.17, 15) is 0 Å². The molecular formula is C16H15BrN6O2. The lowest BCUT2D eigenvalue weighted by molar-refractivity contribution is 0.282. The zero-order valence-corrected chi connectivity index (χ0v) is 14.9. The minimum absolute atomic E-state index is 0.102. The van der Waals surface area contributed by atoms with Crippen molar-refractivity contribution in [2.45, 2.75) is 6.61 Å². The first-order valence-electron chi connectivity index (χ1n) is 7.30. The smallest absolute Gasteiger partial charge is 0.263 e. The van der Waals surface area contributed by atoms with Crippen molar-refractivity contribution >= 4 is 28.1 Å². The van der Waals surface area contributed by atoms with Crippen molar-refractivity contribution < 1.29 is 9.47 Å². The van der Waals surface area contributed by atoms with E-state index in [0.717, 1.165) is 20.4 Å². The van der Waals surface area contributed by atoms with E-state index in [1.165, 1.54) is 0 Å². The Bertz CT molecular complexity index is 882. The molecule has 0 saturated carbocycles. The van der Waals surface area contributed by atoms with Crippen molar-refractivity contribution in [1.29, 1.82) is 0 Å². The molecule has 0 amide bonds. The molecule has 0 atom stereocenters. The van der Waals surface area contributed by atoms with Crippen LogP contribution in [-0.4, -0.2) is 33.6 Å². The molecule has 3 aromatic rings. The Morgan fingerprint density at radius 3 is 2.76 bits per heavy atom. The molecular weight excluding hydrogens is 388 g/mol. The van der Waals surface area contributed by atoms with E-state index in [1.54, 1.807) is 19.4 Å². The van der Waals surface area contributed by atoms with E-state index in [1.807, 2.05) is 36.4 Å². The zero-order valence-electron chi connectivity index (χ0n) is 13.3. The quantitative estimate of drug-likeness (QED) is 0.635. The normalized spacial score (nSPS) is 11.0. The predicted octanol–water partition coefficient (Wildman–Crippen LogP) is 2.49. The lowest BCUT2D eigenvalue weighted by atomic mass is 10.2. The van der Waals surface area contributed by atoms with Crippen LogP contribution < -0.4 is 15.2 Å². The predicted molar refractivity (Wildman–Crippen MR) is 96.7 cm³/mol. The van der Waals surface area contributed by atoms with Gasteiger partial charge in [-0.1, -0.05) is 40.2 Å². The number of benzene rings is 2. The summed E-state index contributed by atoms with van der Waals surface area (Å²) in [4.78, 5) is 1.13. The minimum Gasteiger partial charge on any atom is -0.493 e. The number of hydrogen-bond donors (Lipinski definition) is 1. The Balaban J connectivity index is 1.81. The fourth-order valence-corrected chi connectivity index (χ4v) is 2.65. The highest BCUT2D eigenvalue weighted by atomic mass is 79.9. The molecule has 3 rings (SSSR count). The van der Waals surface area contributed by atoms with E-state index in [2.05, 4.69) is 36.6 Å². The number of rotatable bonds is 6. The van der Waals surface area contributed by atoms with E-state index in [0.29, 0.717) is 18.1 Å². The van der Waals surface area contributed by atoms with Crippen LogP contribution in [0.1, 0.15) is 11.1 Å². The number of nitrogens with two attached hydrogens (primary N) is 1. The molecule has 0 aliphatic heterocycles. The Morgan fingerprint density at radius 1 is 1.28 bits per heavy atom.